The van der Waals surface area contributed by atoms with Crippen molar-refractivity contribution < 1.29 is 14.3 Å². The molecule has 0 aliphatic heterocycles. The van der Waals surface area contributed by atoms with E-state index in [0.717, 1.165) is 24.8 Å². The molecule has 1 aliphatic rings. The first-order valence-electron chi connectivity index (χ1n) is 6.00. The first-order chi connectivity index (χ1) is 7.69. The standard InChI is InChI=1S/C13H20O3/c1-3-4-5-6-7-10-8-11(14)9-12(10)13(15)16-2/h8,12H,3-7,9H2,1-2H3. The largest absolute Gasteiger partial charge is 0.469 e. The third kappa shape index (κ3) is 3.47. The van der Waals surface area contributed by atoms with Crippen molar-refractivity contribution in [1.82, 2.24) is 0 Å². The molecule has 0 bridgehead atoms. The van der Waals surface area contributed by atoms with Crippen LogP contribution in [0.15, 0.2) is 11.6 Å². The Balaban J connectivity index is 2.45. The molecule has 1 unspecified atom stereocenters. The molecule has 1 atom stereocenters. The lowest BCUT2D eigenvalue weighted by molar-refractivity contribution is -0.144. The minimum Gasteiger partial charge on any atom is -0.469 e. The molecule has 0 amide bonds. The molecule has 0 heterocycles. The molecule has 0 fully saturated rings. The molecular formula is C13H20O3. The van der Waals surface area contributed by atoms with Crippen LogP contribution in [0.1, 0.15) is 45.4 Å². The van der Waals surface area contributed by atoms with Crippen LogP contribution >= 0.6 is 0 Å². The van der Waals surface area contributed by atoms with Gasteiger partial charge in [0.25, 0.3) is 0 Å². The van der Waals surface area contributed by atoms with Crippen molar-refractivity contribution in [3.05, 3.63) is 11.6 Å². The van der Waals surface area contributed by atoms with Gasteiger partial charge in [-0.3, -0.25) is 9.59 Å². The summed E-state index contributed by atoms with van der Waals surface area (Å²) in [5.41, 5.74) is 0.966. The maximum absolute atomic E-state index is 11.4. The molecule has 16 heavy (non-hydrogen) atoms. The summed E-state index contributed by atoms with van der Waals surface area (Å²) in [6, 6.07) is 0. The maximum Gasteiger partial charge on any atom is 0.313 e. The summed E-state index contributed by atoms with van der Waals surface area (Å²) in [4.78, 5) is 22.7. The molecule has 0 radical (unpaired) electrons. The Kier molecular flexibility index (Phi) is 5.23. The fraction of sp³-hybridized carbons (Fsp3) is 0.692. The smallest absolute Gasteiger partial charge is 0.313 e. The number of esters is 1. The van der Waals surface area contributed by atoms with Gasteiger partial charge in [-0.2, -0.15) is 0 Å². The van der Waals surface area contributed by atoms with Crippen LogP contribution in [-0.2, 0) is 14.3 Å². The number of unbranched alkanes of at least 4 members (excludes halogenated alkanes) is 3. The zero-order valence-corrected chi connectivity index (χ0v) is 10.1. The highest BCUT2D eigenvalue weighted by Gasteiger charge is 2.30. The Hall–Kier alpha value is -1.12. The van der Waals surface area contributed by atoms with Gasteiger partial charge in [-0.05, 0) is 18.9 Å². The average molecular weight is 224 g/mol. The highest BCUT2D eigenvalue weighted by molar-refractivity contribution is 5.98. The maximum atomic E-state index is 11.4. The van der Waals surface area contributed by atoms with E-state index in [9.17, 15) is 9.59 Å². The number of carbonyl (C=O) groups is 2. The van der Waals surface area contributed by atoms with Crippen LogP contribution in [0.25, 0.3) is 0 Å². The van der Waals surface area contributed by atoms with Gasteiger partial charge >= 0.3 is 5.97 Å². The lowest BCUT2D eigenvalue weighted by Gasteiger charge is -2.11. The van der Waals surface area contributed by atoms with E-state index in [4.69, 9.17) is 4.74 Å². The number of hydrogen-bond acceptors (Lipinski definition) is 3. The molecule has 3 heteroatoms. The van der Waals surface area contributed by atoms with E-state index in [1.807, 2.05) is 0 Å². The van der Waals surface area contributed by atoms with Gasteiger partial charge < -0.3 is 4.74 Å². The summed E-state index contributed by atoms with van der Waals surface area (Å²) in [5.74, 6) is -0.521. The van der Waals surface area contributed by atoms with E-state index >= 15 is 0 Å². The molecule has 1 aliphatic carbocycles. The Bertz CT molecular complexity index is 292. The molecular weight excluding hydrogens is 204 g/mol. The van der Waals surface area contributed by atoms with Gasteiger partial charge in [0.2, 0.25) is 0 Å². The Morgan fingerprint density at radius 2 is 2.19 bits per heavy atom. The van der Waals surface area contributed by atoms with Crippen molar-refractivity contribution in [2.45, 2.75) is 45.4 Å². The average Bonchev–Trinajstić information content (AvgIpc) is 2.65. The monoisotopic (exact) mass is 224 g/mol. The summed E-state index contributed by atoms with van der Waals surface area (Å²) in [7, 11) is 1.37. The van der Waals surface area contributed by atoms with Crippen LogP contribution in [0.2, 0.25) is 0 Å². The summed E-state index contributed by atoms with van der Waals surface area (Å²) in [5, 5.41) is 0. The van der Waals surface area contributed by atoms with Gasteiger partial charge in [-0.15, -0.1) is 0 Å². The first-order valence-corrected chi connectivity index (χ1v) is 6.00. The predicted molar refractivity (Wildman–Crippen MR) is 62.0 cm³/mol. The van der Waals surface area contributed by atoms with Gasteiger partial charge in [-0.1, -0.05) is 31.8 Å². The lowest BCUT2D eigenvalue weighted by Crippen LogP contribution is -2.16. The number of hydrogen-bond donors (Lipinski definition) is 0. The predicted octanol–water partition coefficient (Wildman–Crippen LogP) is 2.65. The Labute approximate surface area is 96.9 Å². The van der Waals surface area contributed by atoms with Crippen LogP contribution in [0, 0.1) is 5.92 Å². The molecule has 90 valence electrons. The second-order valence-electron chi connectivity index (χ2n) is 4.28. The summed E-state index contributed by atoms with van der Waals surface area (Å²) in [6.45, 7) is 2.16. The van der Waals surface area contributed by atoms with Crippen molar-refractivity contribution in [3.63, 3.8) is 0 Å². The summed E-state index contributed by atoms with van der Waals surface area (Å²) >= 11 is 0. The van der Waals surface area contributed by atoms with Gasteiger partial charge in [-0.25, -0.2) is 0 Å². The molecule has 0 aromatic heterocycles. The molecule has 0 aromatic carbocycles. The van der Waals surface area contributed by atoms with Crippen molar-refractivity contribution in [2.75, 3.05) is 7.11 Å². The van der Waals surface area contributed by atoms with E-state index in [-0.39, 0.29) is 17.7 Å². The van der Waals surface area contributed by atoms with Gasteiger partial charge in [0.15, 0.2) is 5.78 Å². The Morgan fingerprint density at radius 3 is 2.81 bits per heavy atom. The molecule has 3 nitrogen and oxygen atoms in total. The van der Waals surface area contributed by atoms with Crippen LogP contribution in [-0.4, -0.2) is 18.9 Å². The topological polar surface area (TPSA) is 43.4 Å². The summed E-state index contributed by atoms with van der Waals surface area (Å²) in [6.07, 6.45) is 7.41. The number of allylic oxidation sites excluding steroid dienone is 1. The van der Waals surface area contributed by atoms with Crippen molar-refractivity contribution in [3.8, 4) is 0 Å². The van der Waals surface area contributed by atoms with Crippen molar-refractivity contribution in [2.24, 2.45) is 5.92 Å². The van der Waals surface area contributed by atoms with Crippen LogP contribution in [0.5, 0.6) is 0 Å². The number of carbonyl (C=O) groups excluding carboxylic acids is 2. The number of ketones is 1. The fourth-order valence-corrected chi connectivity index (χ4v) is 2.08. The van der Waals surface area contributed by atoms with E-state index < -0.39 is 0 Å². The van der Waals surface area contributed by atoms with Gasteiger partial charge in [0.1, 0.15) is 0 Å². The van der Waals surface area contributed by atoms with E-state index in [1.54, 1.807) is 6.08 Å². The normalized spacial score (nSPS) is 19.8. The molecule has 0 N–H and O–H groups in total. The lowest BCUT2D eigenvalue weighted by atomic mass is 9.96. The third-order valence-electron chi connectivity index (χ3n) is 3.00. The van der Waals surface area contributed by atoms with Crippen LogP contribution in [0.3, 0.4) is 0 Å². The molecule has 0 aromatic rings. The highest BCUT2D eigenvalue weighted by atomic mass is 16.5. The van der Waals surface area contributed by atoms with Gasteiger partial charge in [0, 0.05) is 6.42 Å². The van der Waals surface area contributed by atoms with E-state index in [2.05, 4.69) is 6.92 Å². The quantitative estimate of drug-likeness (QED) is 0.514. The zero-order chi connectivity index (χ0) is 12.0. The molecule has 0 saturated heterocycles. The second-order valence-corrected chi connectivity index (χ2v) is 4.28. The molecule has 0 spiro atoms. The minimum atomic E-state index is -0.306. The number of methoxy groups -OCH3 is 1. The Morgan fingerprint density at radius 1 is 1.44 bits per heavy atom. The van der Waals surface area contributed by atoms with E-state index in [1.165, 1.54) is 20.0 Å². The summed E-state index contributed by atoms with van der Waals surface area (Å²) < 4.78 is 4.71. The minimum absolute atomic E-state index is 0.0564. The molecule has 1 rings (SSSR count). The van der Waals surface area contributed by atoms with Crippen molar-refractivity contribution in [1.29, 1.82) is 0 Å². The van der Waals surface area contributed by atoms with E-state index in [0.29, 0.717) is 6.42 Å². The molecule has 0 saturated carbocycles. The second kappa shape index (κ2) is 6.46. The number of rotatable bonds is 6. The number of ether oxygens (including phenoxy) is 1. The van der Waals surface area contributed by atoms with Crippen LogP contribution in [0.4, 0.5) is 0 Å². The zero-order valence-electron chi connectivity index (χ0n) is 10.1. The first kappa shape index (κ1) is 12.9. The third-order valence-corrected chi connectivity index (χ3v) is 3.00. The van der Waals surface area contributed by atoms with Crippen molar-refractivity contribution >= 4 is 11.8 Å². The highest BCUT2D eigenvalue weighted by Crippen LogP contribution is 2.28. The SMILES string of the molecule is CCCCCCC1=CC(=O)CC1C(=O)OC. The van der Waals surface area contributed by atoms with Gasteiger partial charge in [0.05, 0.1) is 13.0 Å². The fourth-order valence-electron chi connectivity index (χ4n) is 2.08. The van der Waals surface area contributed by atoms with Crippen LogP contribution < -0.4 is 0 Å².